The van der Waals surface area contributed by atoms with E-state index in [2.05, 4.69) is 5.32 Å². The third kappa shape index (κ3) is 2.94. The smallest absolute Gasteiger partial charge is 0.338 e. The molecule has 0 spiro atoms. The van der Waals surface area contributed by atoms with E-state index >= 15 is 0 Å². The van der Waals surface area contributed by atoms with Crippen molar-refractivity contribution in [3.8, 4) is 0 Å². The standard InChI is InChI=1S/C11H14FNO2/c1-2-3-7-13-9-6-4-5-8(10(9)12)11(14)15/h4-6,13H,2-3,7H2,1H3,(H,14,15). The minimum absolute atomic E-state index is 0.253. The molecule has 82 valence electrons. The van der Waals surface area contributed by atoms with Crippen LogP contribution < -0.4 is 5.32 Å². The number of halogens is 1. The quantitative estimate of drug-likeness (QED) is 0.736. The van der Waals surface area contributed by atoms with Gasteiger partial charge in [0.15, 0.2) is 5.82 Å². The summed E-state index contributed by atoms with van der Waals surface area (Å²) >= 11 is 0. The Kier molecular flexibility index (Phi) is 4.09. The summed E-state index contributed by atoms with van der Waals surface area (Å²) in [5.74, 6) is -1.94. The Morgan fingerprint density at radius 2 is 2.27 bits per heavy atom. The van der Waals surface area contributed by atoms with E-state index in [1.165, 1.54) is 18.2 Å². The topological polar surface area (TPSA) is 49.3 Å². The van der Waals surface area contributed by atoms with Crippen molar-refractivity contribution in [2.45, 2.75) is 19.8 Å². The predicted octanol–water partition coefficient (Wildman–Crippen LogP) is 2.74. The zero-order chi connectivity index (χ0) is 11.3. The van der Waals surface area contributed by atoms with Crippen LogP contribution in [0.3, 0.4) is 0 Å². The van der Waals surface area contributed by atoms with Gasteiger partial charge >= 0.3 is 5.97 Å². The second-order valence-electron chi connectivity index (χ2n) is 3.25. The monoisotopic (exact) mass is 211 g/mol. The minimum atomic E-state index is -1.24. The SMILES string of the molecule is CCCCNc1cccc(C(=O)O)c1F. The number of carboxylic acid groups (broad SMARTS) is 1. The van der Waals surface area contributed by atoms with E-state index in [9.17, 15) is 9.18 Å². The average molecular weight is 211 g/mol. The van der Waals surface area contributed by atoms with Crippen molar-refractivity contribution in [3.63, 3.8) is 0 Å². The first-order chi connectivity index (χ1) is 7.16. The van der Waals surface area contributed by atoms with Gasteiger partial charge in [-0.15, -0.1) is 0 Å². The molecule has 1 aromatic rings. The molecule has 0 fully saturated rings. The fourth-order valence-corrected chi connectivity index (χ4v) is 1.23. The highest BCUT2D eigenvalue weighted by molar-refractivity contribution is 5.89. The molecule has 0 aromatic heterocycles. The maximum atomic E-state index is 13.5. The Hall–Kier alpha value is -1.58. The van der Waals surface area contributed by atoms with Crippen LogP contribution in [0.2, 0.25) is 0 Å². The van der Waals surface area contributed by atoms with Crippen LogP contribution in [-0.2, 0) is 0 Å². The molecule has 1 rings (SSSR count). The number of hydrogen-bond acceptors (Lipinski definition) is 2. The lowest BCUT2D eigenvalue weighted by Gasteiger charge is -2.07. The number of carboxylic acids is 1. The third-order valence-electron chi connectivity index (χ3n) is 2.07. The highest BCUT2D eigenvalue weighted by atomic mass is 19.1. The van der Waals surface area contributed by atoms with Crippen LogP contribution in [0.4, 0.5) is 10.1 Å². The molecule has 0 heterocycles. The zero-order valence-electron chi connectivity index (χ0n) is 8.59. The van der Waals surface area contributed by atoms with Gasteiger partial charge in [0.2, 0.25) is 0 Å². The molecular weight excluding hydrogens is 197 g/mol. The van der Waals surface area contributed by atoms with Crippen molar-refractivity contribution >= 4 is 11.7 Å². The molecule has 0 amide bonds. The number of carbonyl (C=O) groups is 1. The third-order valence-corrected chi connectivity index (χ3v) is 2.07. The highest BCUT2D eigenvalue weighted by Gasteiger charge is 2.12. The van der Waals surface area contributed by atoms with Gasteiger partial charge in [-0.2, -0.15) is 0 Å². The summed E-state index contributed by atoms with van der Waals surface area (Å²) in [5.41, 5.74) is -0.0418. The van der Waals surface area contributed by atoms with Gasteiger partial charge in [0.05, 0.1) is 11.3 Å². The van der Waals surface area contributed by atoms with Gasteiger partial charge in [-0.25, -0.2) is 9.18 Å². The largest absolute Gasteiger partial charge is 0.478 e. The fourth-order valence-electron chi connectivity index (χ4n) is 1.23. The molecule has 0 saturated carbocycles. The normalized spacial score (nSPS) is 10.0. The van der Waals surface area contributed by atoms with Crippen molar-refractivity contribution < 1.29 is 14.3 Å². The number of aromatic carboxylic acids is 1. The first kappa shape index (κ1) is 11.5. The first-order valence-electron chi connectivity index (χ1n) is 4.92. The lowest BCUT2D eigenvalue weighted by molar-refractivity contribution is 0.0692. The van der Waals surface area contributed by atoms with Gasteiger partial charge in [-0.05, 0) is 18.6 Å². The molecule has 0 aliphatic heterocycles. The van der Waals surface area contributed by atoms with Crippen LogP contribution in [-0.4, -0.2) is 17.6 Å². The Morgan fingerprint density at radius 3 is 2.87 bits per heavy atom. The van der Waals surface area contributed by atoms with Crippen molar-refractivity contribution in [2.75, 3.05) is 11.9 Å². The van der Waals surface area contributed by atoms with Crippen LogP contribution in [0.1, 0.15) is 30.1 Å². The number of rotatable bonds is 5. The molecule has 4 heteroatoms. The second-order valence-corrected chi connectivity index (χ2v) is 3.25. The van der Waals surface area contributed by atoms with Crippen molar-refractivity contribution in [1.82, 2.24) is 0 Å². The van der Waals surface area contributed by atoms with E-state index in [1.807, 2.05) is 6.92 Å². The average Bonchev–Trinajstić information content (AvgIpc) is 2.20. The fraction of sp³-hybridized carbons (Fsp3) is 0.364. The van der Waals surface area contributed by atoms with Gasteiger partial charge in [0, 0.05) is 6.54 Å². The summed E-state index contributed by atoms with van der Waals surface area (Å²) in [7, 11) is 0. The van der Waals surface area contributed by atoms with Gasteiger partial charge in [-0.1, -0.05) is 19.4 Å². The van der Waals surface area contributed by atoms with Crippen LogP contribution in [0.5, 0.6) is 0 Å². The number of unbranched alkanes of at least 4 members (excludes halogenated alkanes) is 1. The molecule has 15 heavy (non-hydrogen) atoms. The number of hydrogen-bond donors (Lipinski definition) is 2. The van der Waals surface area contributed by atoms with Crippen LogP contribution in [0, 0.1) is 5.82 Å². The second kappa shape index (κ2) is 5.34. The summed E-state index contributed by atoms with van der Waals surface area (Å²) in [6.07, 6.45) is 1.93. The lowest BCUT2D eigenvalue weighted by atomic mass is 10.2. The summed E-state index contributed by atoms with van der Waals surface area (Å²) in [4.78, 5) is 10.6. The molecule has 0 aliphatic rings. The Balaban J connectivity index is 2.80. The Morgan fingerprint density at radius 1 is 1.53 bits per heavy atom. The van der Waals surface area contributed by atoms with E-state index in [1.54, 1.807) is 0 Å². The van der Waals surface area contributed by atoms with Crippen LogP contribution >= 0.6 is 0 Å². The lowest BCUT2D eigenvalue weighted by Crippen LogP contribution is -2.07. The summed E-state index contributed by atoms with van der Waals surface area (Å²) in [6, 6.07) is 4.32. The van der Waals surface area contributed by atoms with E-state index in [0.717, 1.165) is 12.8 Å². The number of benzene rings is 1. The van der Waals surface area contributed by atoms with E-state index < -0.39 is 11.8 Å². The molecule has 0 bridgehead atoms. The maximum Gasteiger partial charge on any atom is 0.338 e. The van der Waals surface area contributed by atoms with E-state index in [4.69, 9.17) is 5.11 Å². The van der Waals surface area contributed by atoms with E-state index in [0.29, 0.717) is 6.54 Å². The highest BCUT2D eigenvalue weighted by Crippen LogP contribution is 2.17. The number of nitrogens with one attached hydrogen (secondary N) is 1. The Labute approximate surface area is 87.9 Å². The van der Waals surface area contributed by atoms with Crippen molar-refractivity contribution in [3.05, 3.63) is 29.6 Å². The van der Waals surface area contributed by atoms with Crippen LogP contribution in [0.15, 0.2) is 18.2 Å². The van der Waals surface area contributed by atoms with E-state index in [-0.39, 0.29) is 11.3 Å². The molecule has 0 unspecified atom stereocenters. The molecule has 0 radical (unpaired) electrons. The summed E-state index contributed by atoms with van der Waals surface area (Å²) in [6.45, 7) is 2.68. The van der Waals surface area contributed by atoms with Gasteiger partial charge < -0.3 is 10.4 Å². The van der Waals surface area contributed by atoms with Crippen molar-refractivity contribution in [1.29, 1.82) is 0 Å². The molecular formula is C11H14FNO2. The minimum Gasteiger partial charge on any atom is -0.478 e. The molecule has 3 nitrogen and oxygen atoms in total. The summed E-state index contributed by atoms with van der Waals surface area (Å²) < 4.78 is 13.5. The van der Waals surface area contributed by atoms with Crippen molar-refractivity contribution in [2.24, 2.45) is 0 Å². The van der Waals surface area contributed by atoms with Gasteiger partial charge in [-0.3, -0.25) is 0 Å². The molecule has 0 saturated heterocycles. The number of anilines is 1. The summed E-state index contributed by atoms with van der Waals surface area (Å²) in [5, 5.41) is 11.6. The maximum absolute atomic E-state index is 13.5. The molecule has 0 aliphatic carbocycles. The molecule has 2 N–H and O–H groups in total. The zero-order valence-corrected chi connectivity index (χ0v) is 8.59. The molecule has 0 atom stereocenters. The van der Waals surface area contributed by atoms with Gasteiger partial charge in [0.1, 0.15) is 0 Å². The van der Waals surface area contributed by atoms with Gasteiger partial charge in [0.25, 0.3) is 0 Å². The van der Waals surface area contributed by atoms with Crippen LogP contribution in [0.25, 0.3) is 0 Å². The molecule has 1 aromatic carbocycles. The Bertz CT molecular complexity index is 352. The predicted molar refractivity (Wildman–Crippen MR) is 56.8 cm³/mol. The first-order valence-corrected chi connectivity index (χ1v) is 4.92.